The minimum absolute atomic E-state index is 0. The van der Waals surface area contributed by atoms with Crippen LogP contribution in [0.15, 0.2) is 18.2 Å². The fourth-order valence-corrected chi connectivity index (χ4v) is 1.06. The summed E-state index contributed by atoms with van der Waals surface area (Å²) in [5, 5.41) is 30.4. The molecule has 0 saturated heterocycles. The number of aromatic hydroxyl groups is 2. The van der Waals surface area contributed by atoms with E-state index in [1.807, 2.05) is 0 Å². The predicted molar refractivity (Wildman–Crippen MR) is 52.3 cm³/mol. The number of phenols is 2. The highest BCUT2D eigenvalue weighted by Gasteiger charge is 2.08. The summed E-state index contributed by atoms with van der Waals surface area (Å²) in [5.41, 5.74) is 0.574. The molecule has 0 unspecified atom stereocenters. The van der Waals surface area contributed by atoms with Gasteiger partial charge in [0, 0.05) is 6.54 Å². The van der Waals surface area contributed by atoms with E-state index in [1.165, 1.54) is 12.1 Å². The molecule has 0 radical (unpaired) electrons. The van der Waals surface area contributed by atoms with Gasteiger partial charge in [0.25, 0.3) is 0 Å². The first-order chi connectivity index (χ1) is 6.15. The molecule has 0 aliphatic heterocycles. The van der Waals surface area contributed by atoms with Crippen LogP contribution in [0.25, 0.3) is 0 Å². The molecule has 14 heavy (non-hydrogen) atoms. The Kier molecular flexibility index (Phi) is 4.93. The molecule has 0 fully saturated rings. The Morgan fingerprint density at radius 3 is 2.43 bits per heavy atom. The maximum absolute atomic E-state index is 9.48. The quantitative estimate of drug-likeness (QED) is 0.496. The lowest BCUT2D eigenvalue weighted by atomic mass is 10.1. The average Bonchev–Trinajstić information content (AvgIpc) is 2.10. The second kappa shape index (κ2) is 5.43. The van der Waals surface area contributed by atoms with Crippen molar-refractivity contribution in [3.8, 4) is 11.5 Å². The van der Waals surface area contributed by atoms with Crippen molar-refractivity contribution in [2.24, 2.45) is 0 Å². The summed E-state index contributed by atoms with van der Waals surface area (Å²) in [6.07, 6.45) is -0.670. The SMILES string of the molecule is CNC[C@@H](O)c1ccc(O)c(O)c1.O. The third kappa shape index (κ3) is 2.88. The lowest BCUT2D eigenvalue weighted by Crippen LogP contribution is -2.16. The molecule has 0 aliphatic carbocycles. The molecule has 1 aromatic rings. The Morgan fingerprint density at radius 2 is 1.93 bits per heavy atom. The van der Waals surface area contributed by atoms with Crippen molar-refractivity contribution in [3.05, 3.63) is 23.8 Å². The fourth-order valence-electron chi connectivity index (χ4n) is 1.06. The zero-order valence-electron chi connectivity index (χ0n) is 7.86. The van der Waals surface area contributed by atoms with Gasteiger partial charge in [-0.3, -0.25) is 0 Å². The lowest BCUT2D eigenvalue weighted by Gasteiger charge is -2.10. The molecular weight excluding hydrogens is 186 g/mol. The highest BCUT2D eigenvalue weighted by Crippen LogP contribution is 2.27. The lowest BCUT2D eigenvalue weighted by molar-refractivity contribution is 0.177. The molecule has 1 aromatic carbocycles. The van der Waals surface area contributed by atoms with Crippen molar-refractivity contribution >= 4 is 0 Å². The zero-order chi connectivity index (χ0) is 9.84. The van der Waals surface area contributed by atoms with Crippen LogP contribution >= 0.6 is 0 Å². The molecule has 1 rings (SSSR count). The highest BCUT2D eigenvalue weighted by atomic mass is 16.3. The van der Waals surface area contributed by atoms with Gasteiger partial charge < -0.3 is 26.1 Å². The third-order valence-electron chi connectivity index (χ3n) is 1.78. The average molecular weight is 201 g/mol. The van der Waals surface area contributed by atoms with Gasteiger partial charge in [-0.25, -0.2) is 0 Å². The minimum atomic E-state index is -0.670. The Balaban J connectivity index is 0.00000169. The van der Waals surface area contributed by atoms with Crippen molar-refractivity contribution in [2.75, 3.05) is 13.6 Å². The Labute approximate surface area is 81.9 Å². The topological polar surface area (TPSA) is 104 Å². The Hall–Kier alpha value is -1.30. The van der Waals surface area contributed by atoms with Crippen molar-refractivity contribution < 1.29 is 20.8 Å². The Morgan fingerprint density at radius 1 is 1.29 bits per heavy atom. The van der Waals surface area contributed by atoms with E-state index < -0.39 is 6.10 Å². The summed E-state index contributed by atoms with van der Waals surface area (Å²) in [7, 11) is 1.73. The summed E-state index contributed by atoms with van der Waals surface area (Å²) in [4.78, 5) is 0. The number of aliphatic hydroxyl groups is 1. The summed E-state index contributed by atoms with van der Waals surface area (Å²) < 4.78 is 0. The van der Waals surface area contributed by atoms with E-state index in [9.17, 15) is 5.11 Å². The first kappa shape index (κ1) is 12.7. The molecule has 0 aliphatic rings. The van der Waals surface area contributed by atoms with Crippen LogP contribution in [-0.2, 0) is 0 Å². The van der Waals surface area contributed by atoms with E-state index in [-0.39, 0.29) is 17.0 Å². The van der Waals surface area contributed by atoms with E-state index in [4.69, 9.17) is 10.2 Å². The van der Waals surface area contributed by atoms with Crippen LogP contribution < -0.4 is 5.32 Å². The fraction of sp³-hybridized carbons (Fsp3) is 0.333. The standard InChI is InChI=1S/C9H13NO3.H2O/c1-10-5-9(13)6-2-3-7(11)8(12)4-6;/h2-4,9-13H,5H2,1H3;1H2/t9-;/m1./s1. The number of hydrogen-bond acceptors (Lipinski definition) is 4. The van der Waals surface area contributed by atoms with Gasteiger partial charge in [-0.1, -0.05) is 6.07 Å². The molecule has 0 saturated carbocycles. The Bertz CT molecular complexity index is 290. The van der Waals surface area contributed by atoms with Gasteiger partial charge in [-0.15, -0.1) is 0 Å². The summed E-state index contributed by atoms with van der Waals surface area (Å²) in [5.74, 6) is -0.395. The van der Waals surface area contributed by atoms with Crippen molar-refractivity contribution in [3.63, 3.8) is 0 Å². The third-order valence-corrected chi connectivity index (χ3v) is 1.78. The van der Waals surface area contributed by atoms with Gasteiger partial charge in [0.15, 0.2) is 11.5 Å². The second-order valence-electron chi connectivity index (χ2n) is 2.82. The molecule has 5 nitrogen and oxygen atoms in total. The monoisotopic (exact) mass is 201 g/mol. The first-order valence-electron chi connectivity index (χ1n) is 3.99. The van der Waals surface area contributed by atoms with Crippen molar-refractivity contribution in [2.45, 2.75) is 6.10 Å². The van der Waals surface area contributed by atoms with E-state index in [2.05, 4.69) is 5.32 Å². The van der Waals surface area contributed by atoms with Gasteiger partial charge in [0.1, 0.15) is 0 Å². The smallest absolute Gasteiger partial charge is 0.157 e. The number of nitrogens with one attached hydrogen (secondary N) is 1. The van der Waals surface area contributed by atoms with Gasteiger partial charge in [0.05, 0.1) is 6.10 Å². The molecule has 0 amide bonds. The van der Waals surface area contributed by atoms with Crippen molar-refractivity contribution in [1.82, 2.24) is 5.32 Å². The number of aliphatic hydroxyl groups excluding tert-OH is 1. The molecule has 0 aromatic heterocycles. The first-order valence-corrected chi connectivity index (χ1v) is 3.99. The van der Waals surface area contributed by atoms with Gasteiger partial charge in [-0.2, -0.15) is 0 Å². The number of benzene rings is 1. The largest absolute Gasteiger partial charge is 0.504 e. The van der Waals surface area contributed by atoms with Gasteiger partial charge in [-0.05, 0) is 24.7 Å². The zero-order valence-corrected chi connectivity index (χ0v) is 7.86. The molecule has 6 N–H and O–H groups in total. The molecule has 80 valence electrons. The number of rotatable bonds is 3. The van der Waals surface area contributed by atoms with Crippen LogP contribution in [0.2, 0.25) is 0 Å². The van der Waals surface area contributed by atoms with Gasteiger partial charge >= 0.3 is 0 Å². The highest BCUT2D eigenvalue weighted by molar-refractivity contribution is 5.41. The summed E-state index contributed by atoms with van der Waals surface area (Å²) in [6.45, 7) is 0.407. The molecule has 1 atom stereocenters. The van der Waals surface area contributed by atoms with Crippen LogP contribution in [-0.4, -0.2) is 34.4 Å². The van der Waals surface area contributed by atoms with E-state index in [0.717, 1.165) is 0 Å². The minimum Gasteiger partial charge on any atom is -0.504 e. The number of hydrogen-bond donors (Lipinski definition) is 4. The number of likely N-dealkylation sites (N-methyl/N-ethyl adjacent to an activating group) is 1. The van der Waals surface area contributed by atoms with Gasteiger partial charge in [0.2, 0.25) is 0 Å². The van der Waals surface area contributed by atoms with Crippen LogP contribution in [0.4, 0.5) is 0 Å². The summed E-state index contributed by atoms with van der Waals surface area (Å²) >= 11 is 0. The number of phenolic OH excluding ortho intramolecular Hbond substituents is 2. The van der Waals surface area contributed by atoms with E-state index in [0.29, 0.717) is 12.1 Å². The van der Waals surface area contributed by atoms with E-state index >= 15 is 0 Å². The molecular formula is C9H15NO4. The van der Waals surface area contributed by atoms with Crippen LogP contribution in [0.1, 0.15) is 11.7 Å². The van der Waals surface area contributed by atoms with E-state index in [1.54, 1.807) is 13.1 Å². The second-order valence-corrected chi connectivity index (χ2v) is 2.82. The maximum Gasteiger partial charge on any atom is 0.157 e. The van der Waals surface area contributed by atoms with Crippen LogP contribution in [0.3, 0.4) is 0 Å². The van der Waals surface area contributed by atoms with Crippen LogP contribution in [0.5, 0.6) is 11.5 Å². The van der Waals surface area contributed by atoms with Crippen molar-refractivity contribution in [1.29, 1.82) is 0 Å². The molecule has 5 heteroatoms. The molecule has 0 spiro atoms. The summed E-state index contributed by atoms with van der Waals surface area (Å²) in [6, 6.07) is 4.26. The maximum atomic E-state index is 9.48. The predicted octanol–water partition coefficient (Wildman–Crippen LogP) is -0.474. The van der Waals surface area contributed by atoms with Crippen LogP contribution in [0, 0.1) is 0 Å². The molecule has 0 bridgehead atoms. The normalized spacial score (nSPS) is 11.9. The molecule has 0 heterocycles.